The number of nitrogens with zero attached hydrogens (tertiary/aromatic N) is 2. The molecule has 0 bridgehead atoms. The molecule has 102 valence electrons. The third-order valence-electron chi connectivity index (χ3n) is 2.90. The molecule has 0 aliphatic carbocycles. The Morgan fingerprint density at radius 2 is 1.47 bits per heavy atom. The Morgan fingerprint density at radius 1 is 0.947 bits per heavy atom. The van der Waals surface area contributed by atoms with Gasteiger partial charge in [-0.25, -0.2) is 17.7 Å². The summed E-state index contributed by atoms with van der Waals surface area (Å²) < 4.78 is 55.7. The van der Waals surface area contributed by atoms with Crippen LogP contribution in [0.3, 0.4) is 0 Å². The van der Waals surface area contributed by atoms with Gasteiger partial charge in [-0.3, -0.25) is 0 Å². The molecule has 0 spiro atoms. The molecule has 19 heavy (non-hydrogen) atoms. The Kier molecular flexibility index (Phi) is 2.99. The smallest absolute Gasteiger partial charge is 0.236 e. The third-order valence-corrected chi connectivity index (χ3v) is 2.90. The van der Waals surface area contributed by atoms with Crippen molar-refractivity contribution in [3.63, 3.8) is 0 Å². The van der Waals surface area contributed by atoms with Gasteiger partial charge in [-0.2, -0.15) is 4.39 Å². The minimum atomic E-state index is -1.84. The van der Waals surface area contributed by atoms with E-state index >= 15 is 0 Å². The van der Waals surface area contributed by atoms with Gasteiger partial charge in [0.05, 0.1) is 7.05 Å². The van der Waals surface area contributed by atoms with Gasteiger partial charge < -0.3 is 0 Å². The largest absolute Gasteiger partial charge is 0.287 e. The molecule has 2 aromatic rings. The second-order valence-corrected chi connectivity index (χ2v) is 5.43. The molecule has 0 saturated carbocycles. The number of hydrogen-bond donors (Lipinski definition) is 0. The highest BCUT2D eigenvalue weighted by molar-refractivity contribution is 5.82. The summed E-state index contributed by atoms with van der Waals surface area (Å²) in [5.74, 6) is -6.54. The highest BCUT2D eigenvalue weighted by Gasteiger charge is 2.33. The third kappa shape index (κ3) is 1.95. The standard InChI is InChI=1S/C13H13F4N2/c1-13(2,3)12-6-7(14)8(15)9(16)10(17)11(6)18-5-19(12)4/h5H,1-4H3/q+1. The molecule has 0 amide bonds. The highest BCUT2D eigenvalue weighted by atomic mass is 19.2. The summed E-state index contributed by atoms with van der Waals surface area (Å²) in [6, 6.07) is 0. The normalized spacial score (nSPS) is 12.2. The first-order chi connectivity index (χ1) is 8.66. The fourth-order valence-electron chi connectivity index (χ4n) is 2.24. The van der Waals surface area contributed by atoms with Crippen LogP contribution in [0.25, 0.3) is 10.9 Å². The molecule has 0 fully saturated rings. The Balaban J connectivity index is 3.10. The number of rotatable bonds is 0. The maximum Gasteiger partial charge on any atom is 0.287 e. The molecule has 2 nitrogen and oxygen atoms in total. The summed E-state index contributed by atoms with van der Waals surface area (Å²) in [6.07, 6.45) is 1.25. The van der Waals surface area contributed by atoms with E-state index in [0.29, 0.717) is 5.69 Å². The lowest BCUT2D eigenvalue weighted by atomic mass is 9.88. The number of fused-ring (bicyclic) bond motifs is 1. The van der Waals surface area contributed by atoms with Crippen molar-refractivity contribution in [2.75, 3.05) is 0 Å². The SMILES string of the molecule is C[n+]1cnc2c(F)c(F)c(F)c(F)c2c1C(C)(C)C. The zero-order valence-corrected chi connectivity index (χ0v) is 11.0. The quantitative estimate of drug-likeness (QED) is 0.312. The molecule has 0 radical (unpaired) electrons. The van der Waals surface area contributed by atoms with Crippen LogP contribution in [0.15, 0.2) is 6.33 Å². The molecular weight excluding hydrogens is 260 g/mol. The van der Waals surface area contributed by atoms with Gasteiger partial charge in [0.25, 0.3) is 6.33 Å². The molecule has 1 heterocycles. The van der Waals surface area contributed by atoms with Gasteiger partial charge >= 0.3 is 0 Å². The van der Waals surface area contributed by atoms with Crippen LogP contribution in [0.4, 0.5) is 17.6 Å². The Morgan fingerprint density at radius 3 is 2.00 bits per heavy atom. The second-order valence-electron chi connectivity index (χ2n) is 5.43. The molecule has 6 heteroatoms. The van der Waals surface area contributed by atoms with Crippen molar-refractivity contribution in [2.45, 2.75) is 26.2 Å². The minimum absolute atomic E-state index is 0.325. The van der Waals surface area contributed by atoms with E-state index in [0.717, 1.165) is 0 Å². The van der Waals surface area contributed by atoms with Crippen LogP contribution in [0.1, 0.15) is 26.5 Å². The van der Waals surface area contributed by atoms with E-state index in [4.69, 9.17) is 0 Å². The first kappa shape index (κ1) is 13.7. The van der Waals surface area contributed by atoms with Gasteiger partial charge in [0.15, 0.2) is 11.6 Å². The minimum Gasteiger partial charge on any atom is -0.236 e. The lowest BCUT2D eigenvalue weighted by Gasteiger charge is -2.19. The van der Waals surface area contributed by atoms with E-state index in [1.807, 2.05) is 0 Å². The van der Waals surface area contributed by atoms with Crippen molar-refractivity contribution in [3.05, 3.63) is 35.3 Å². The van der Waals surface area contributed by atoms with Gasteiger partial charge in [0.2, 0.25) is 17.2 Å². The van der Waals surface area contributed by atoms with Crippen molar-refractivity contribution < 1.29 is 22.1 Å². The van der Waals surface area contributed by atoms with E-state index in [2.05, 4.69) is 4.98 Å². The molecule has 0 aliphatic heterocycles. The average molecular weight is 273 g/mol. The molecule has 0 atom stereocenters. The maximum atomic E-state index is 14.0. The lowest BCUT2D eigenvalue weighted by molar-refractivity contribution is -0.683. The predicted molar refractivity (Wildman–Crippen MR) is 61.5 cm³/mol. The van der Waals surface area contributed by atoms with E-state index in [1.54, 1.807) is 27.8 Å². The van der Waals surface area contributed by atoms with Crippen LogP contribution in [0, 0.1) is 23.3 Å². The average Bonchev–Trinajstić information content (AvgIpc) is 2.31. The van der Waals surface area contributed by atoms with Crippen molar-refractivity contribution in [3.8, 4) is 0 Å². The molecule has 0 aliphatic rings. The van der Waals surface area contributed by atoms with Crippen LogP contribution < -0.4 is 4.57 Å². The van der Waals surface area contributed by atoms with Crippen LogP contribution in [0.2, 0.25) is 0 Å². The molecule has 0 unspecified atom stereocenters. The Hall–Kier alpha value is -1.72. The van der Waals surface area contributed by atoms with Crippen LogP contribution in [-0.2, 0) is 12.5 Å². The van der Waals surface area contributed by atoms with Crippen LogP contribution in [-0.4, -0.2) is 4.98 Å². The number of halogens is 4. The summed E-state index contributed by atoms with van der Waals surface area (Å²) in [5, 5.41) is -0.325. The first-order valence-corrected chi connectivity index (χ1v) is 5.67. The summed E-state index contributed by atoms with van der Waals surface area (Å²) >= 11 is 0. The van der Waals surface area contributed by atoms with Gasteiger partial charge in [0.1, 0.15) is 11.1 Å². The maximum absolute atomic E-state index is 14.0. The summed E-state index contributed by atoms with van der Waals surface area (Å²) in [5.41, 5.74) is -0.750. The fraction of sp³-hybridized carbons (Fsp3) is 0.385. The summed E-state index contributed by atoms with van der Waals surface area (Å²) in [6.45, 7) is 5.29. The molecule has 2 rings (SSSR count). The topological polar surface area (TPSA) is 16.8 Å². The van der Waals surface area contributed by atoms with Crippen molar-refractivity contribution in [2.24, 2.45) is 7.05 Å². The zero-order valence-electron chi connectivity index (χ0n) is 11.0. The highest BCUT2D eigenvalue weighted by Crippen LogP contribution is 2.31. The van der Waals surface area contributed by atoms with Gasteiger partial charge in [-0.05, 0) is 4.98 Å². The van der Waals surface area contributed by atoms with Crippen LogP contribution in [0.5, 0.6) is 0 Å². The molecule has 1 aromatic carbocycles. The van der Waals surface area contributed by atoms with E-state index in [9.17, 15) is 17.6 Å². The number of benzene rings is 1. The predicted octanol–water partition coefficient (Wildman–Crippen LogP) is 2.91. The monoisotopic (exact) mass is 273 g/mol. The second kappa shape index (κ2) is 4.15. The fourth-order valence-corrected chi connectivity index (χ4v) is 2.24. The van der Waals surface area contributed by atoms with E-state index in [1.165, 1.54) is 10.9 Å². The van der Waals surface area contributed by atoms with Gasteiger partial charge in [-0.1, -0.05) is 20.8 Å². The van der Waals surface area contributed by atoms with Crippen molar-refractivity contribution in [1.29, 1.82) is 0 Å². The molecule has 0 saturated heterocycles. The molecular formula is C13H13F4N2+. The van der Waals surface area contributed by atoms with E-state index < -0.39 is 34.2 Å². The number of aryl methyl sites for hydroxylation is 1. The van der Waals surface area contributed by atoms with Gasteiger partial charge in [0, 0.05) is 5.41 Å². The zero-order chi connectivity index (χ0) is 14.5. The Bertz CT molecular complexity index is 675. The lowest BCUT2D eigenvalue weighted by Crippen LogP contribution is -2.40. The van der Waals surface area contributed by atoms with E-state index in [-0.39, 0.29) is 5.39 Å². The number of aromatic nitrogens is 2. The van der Waals surface area contributed by atoms with Crippen molar-refractivity contribution in [1.82, 2.24) is 4.98 Å². The summed E-state index contributed by atoms with van der Waals surface area (Å²) in [7, 11) is 1.59. The summed E-state index contributed by atoms with van der Waals surface area (Å²) in [4.78, 5) is 3.66. The van der Waals surface area contributed by atoms with Crippen LogP contribution >= 0.6 is 0 Å². The number of hydrogen-bond acceptors (Lipinski definition) is 1. The van der Waals surface area contributed by atoms with Gasteiger partial charge in [-0.15, -0.1) is 0 Å². The Labute approximate surface area is 107 Å². The molecule has 0 N–H and O–H groups in total. The first-order valence-electron chi connectivity index (χ1n) is 5.67. The van der Waals surface area contributed by atoms with Crippen molar-refractivity contribution >= 4 is 10.9 Å². The molecule has 1 aromatic heterocycles.